The molecule has 1 saturated heterocycles. The topological polar surface area (TPSA) is 89.9 Å². The lowest BCUT2D eigenvalue weighted by atomic mass is 10.2. The van der Waals surface area contributed by atoms with Gasteiger partial charge in [0.05, 0.1) is 20.3 Å². The van der Waals surface area contributed by atoms with Crippen LogP contribution in [0.2, 0.25) is 0 Å². The van der Waals surface area contributed by atoms with Crippen molar-refractivity contribution in [3.63, 3.8) is 0 Å². The molecule has 0 unspecified atom stereocenters. The molecule has 0 atom stereocenters. The molecule has 0 saturated carbocycles. The molecule has 4 rings (SSSR count). The molecule has 1 amide bonds. The predicted molar refractivity (Wildman–Crippen MR) is 126 cm³/mol. The third kappa shape index (κ3) is 4.66. The van der Waals surface area contributed by atoms with Crippen molar-refractivity contribution in [2.45, 2.75) is 18.7 Å². The summed E-state index contributed by atoms with van der Waals surface area (Å²) in [5, 5.41) is 2.79. The number of hydrogen-bond donors (Lipinski definition) is 1. The summed E-state index contributed by atoms with van der Waals surface area (Å²) < 4.78 is 40.3. The van der Waals surface area contributed by atoms with Gasteiger partial charge in [0.25, 0.3) is 5.91 Å². The van der Waals surface area contributed by atoms with Crippen LogP contribution in [0.15, 0.2) is 59.5 Å². The molecular formula is C24H27N3O5S. The van der Waals surface area contributed by atoms with Crippen molar-refractivity contribution in [1.29, 1.82) is 0 Å². The highest BCUT2D eigenvalue weighted by Crippen LogP contribution is 2.30. The number of carbonyl (C=O) groups is 1. The van der Waals surface area contributed by atoms with Gasteiger partial charge in [0.2, 0.25) is 10.0 Å². The van der Waals surface area contributed by atoms with Gasteiger partial charge < -0.3 is 19.4 Å². The zero-order valence-corrected chi connectivity index (χ0v) is 19.7. The number of ether oxygens (including phenoxy) is 2. The van der Waals surface area contributed by atoms with E-state index in [9.17, 15) is 13.2 Å². The van der Waals surface area contributed by atoms with Crippen LogP contribution in [0.3, 0.4) is 0 Å². The summed E-state index contributed by atoms with van der Waals surface area (Å²) in [5.41, 5.74) is 4.02. The van der Waals surface area contributed by atoms with Crippen molar-refractivity contribution >= 4 is 21.6 Å². The molecule has 0 radical (unpaired) electrons. The highest BCUT2D eigenvalue weighted by Gasteiger charge is 2.29. The van der Waals surface area contributed by atoms with Gasteiger partial charge in [0, 0.05) is 41.4 Å². The van der Waals surface area contributed by atoms with Crippen molar-refractivity contribution < 1.29 is 22.7 Å². The lowest BCUT2D eigenvalue weighted by Crippen LogP contribution is -2.40. The molecule has 33 heavy (non-hydrogen) atoms. The third-order valence-corrected chi connectivity index (χ3v) is 7.59. The van der Waals surface area contributed by atoms with E-state index in [0.29, 0.717) is 24.5 Å². The van der Waals surface area contributed by atoms with Crippen LogP contribution in [0.25, 0.3) is 5.69 Å². The van der Waals surface area contributed by atoms with E-state index in [1.54, 1.807) is 24.3 Å². The normalized spacial score (nSPS) is 14.8. The van der Waals surface area contributed by atoms with Gasteiger partial charge in [0.15, 0.2) is 0 Å². The lowest BCUT2D eigenvalue weighted by Gasteiger charge is -2.26. The van der Waals surface area contributed by atoms with Gasteiger partial charge in [-0.05, 0) is 68.4 Å². The number of nitrogens with one attached hydrogen (secondary N) is 1. The van der Waals surface area contributed by atoms with E-state index in [1.165, 1.54) is 17.5 Å². The van der Waals surface area contributed by atoms with Gasteiger partial charge in [-0.3, -0.25) is 4.79 Å². The Balaban J connectivity index is 1.56. The number of rotatable bonds is 6. The van der Waals surface area contributed by atoms with Crippen molar-refractivity contribution in [2.75, 3.05) is 38.7 Å². The Kier molecular flexibility index (Phi) is 6.55. The Morgan fingerprint density at radius 2 is 1.61 bits per heavy atom. The summed E-state index contributed by atoms with van der Waals surface area (Å²) in [6.45, 7) is 5.29. The molecule has 0 spiro atoms. The second-order valence-corrected chi connectivity index (χ2v) is 9.74. The van der Waals surface area contributed by atoms with Crippen LogP contribution in [0.4, 0.5) is 5.69 Å². The van der Waals surface area contributed by atoms with E-state index in [2.05, 4.69) is 9.88 Å². The van der Waals surface area contributed by atoms with Crippen molar-refractivity contribution in [3.8, 4) is 11.4 Å². The Morgan fingerprint density at radius 1 is 0.970 bits per heavy atom. The van der Waals surface area contributed by atoms with Crippen LogP contribution in [-0.2, 0) is 14.8 Å². The monoisotopic (exact) mass is 469 g/mol. The zero-order chi connectivity index (χ0) is 23.6. The number of carbonyl (C=O) groups excluding carboxylic acids is 1. The zero-order valence-electron chi connectivity index (χ0n) is 18.9. The molecule has 1 aromatic heterocycles. The van der Waals surface area contributed by atoms with Crippen LogP contribution in [-0.4, -0.2) is 56.6 Å². The summed E-state index contributed by atoms with van der Waals surface area (Å²) in [7, 11) is -2.37. The molecule has 8 nitrogen and oxygen atoms in total. The SMILES string of the molecule is COc1ccc(NC(=O)c2ccc(-n3c(C)ccc3C)cc2)cc1S(=O)(=O)N1CCOCC1. The quantitative estimate of drug-likeness (QED) is 0.598. The van der Waals surface area contributed by atoms with E-state index in [0.717, 1.165) is 17.1 Å². The van der Waals surface area contributed by atoms with Crippen molar-refractivity contribution in [2.24, 2.45) is 0 Å². The molecule has 9 heteroatoms. The number of sulfonamides is 1. The van der Waals surface area contributed by atoms with E-state index in [4.69, 9.17) is 9.47 Å². The van der Waals surface area contributed by atoms with Gasteiger partial charge in [-0.2, -0.15) is 4.31 Å². The second kappa shape index (κ2) is 9.38. The molecule has 0 aliphatic carbocycles. The molecule has 0 bridgehead atoms. The lowest BCUT2D eigenvalue weighted by molar-refractivity contribution is 0.0729. The molecule has 3 aromatic rings. The van der Waals surface area contributed by atoms with E-state index in [-0.39, 0.29) is 29.6 Å². The minimum absolute atomic E-state index is 0.0126. The standard InChI is InChI=1S/C24H27N3O5S/c1-17-4-5-18(2)27(17)21-9-6-19(7-10-21)24(28)25-20-8-11-22(31-3)23(16-20)33(29,30)26-12-14-32-15-13-26/h4-11,16H,12-15H2,1-3H3,(H,25,28). The Labute approximate surface area is 193 Å². The van der Waals surface area contributed by atoms with Gasteiger partial charge in [-0.25, -0.2) is 8.42 Å². The molecular weight excluding hydrogens is 442 g/mol. The van der Waals surface area contributed by atoms with Gasteiger partial charge in [0.1, 0.15) is 10.6 Å². The van der Waals surface area contributed by atoms with E-state index in [1.807, 2.05) is 38.1 Å². The summed E-state index contributed by atoms with van der Waals surface area (Å²) in [6, 6.07) is 16.0. The molecule has 1 N–H and O–H groups in total. The van der Waals surface area contributed by atoms with Crippen molar-refractivity contribution in [3.05, 3.63) is 71.5 Å². The maximum Gasteiger partial charge on any atom is 0.255 e. The fourth-order valence-corrected chi connectivity index (χ4v) is 5.51. The summed E-state index contributed by atoms with van der Waals surface area (Å²) >= 11 is 0. The predicted octanol–water partition coefficient (Wildman–Crippen LogP) is 3.38. The average molecular weight is 470 g/mol. The Bertz CT molecular complexity index is 1240. The number of benzene rings is 2. The molecule has 1 aliphatic heterocycles. The highest BCUT2D eigenvalue weighted by molar-refractivity contribution is 7.89. The minimum atomic E-state index is -3.79. The fourth-order valence-electron chi connectivity index (χ4n) is 3.92. The van der Waals surface area contributed by atoms with Crippen LogP contribution in [0.1, 0.15) is 21.7 Å². The van der Waals surface area contributed by atoms with Crippen LogP contribution >= 0.6 is 0 Å². The number of aryl methyl sites for hydroxylation is 2. The molecule has 174 valence electrons. The first-order valence-electron chi connectivity index (χ1n) is 10.6. The summed E-state index contributed by atoms with van der Waals surface area (Å²) in [4.78, 5) is 12.8. The number of hydrogen-bond acceptors (Lipinski definition) is 5. The molecule has 1 aliphatic rings. The molecule has 2 aromatic carbocycles. The first-order chi connectivity index (χ1) is 15.8. The smallest absolute Gasteiger partial charge is 0.255 e. The van der Waals surface area contributed by atoms with Gasteiger partial charge >= 0.3 is 0 Å². The number of aromatic nitrogens is 1. The fraction of sp³-hybridized carbons (Fsp3) is 0.292. The van der Waals surface area contributed by atoms with Crippen molar-refractivity contribution in [1.82, 2.24) is 8.87 Å². The van der Waals surface area contributed by atoms with Gasteiger partial charge in [-0.15, -0.1) is 0 Å². The Hall–Kier alpha value is -3.14. The first-order valence-corrected chi connectivity index (χ1v) is 12.1. The number of anilines is 1. The number of amides is 1. The average Bonchev–Trinajstić information content (AvgIpc) is 3.17. The van der Waals surface area contributed by atoms with Crippen LogP contribution < -0.4 is 10.1 Å². The largest absolute Gasteiger partial charge is 0.495 e. The molecule has 2 heterocycles. The second-order valence-electron chi connectivity index (χ2n) is 7.83. The molecule has 1 fully saturated rings. The van der Waals surface area contributed by atoms with Crippen LogP contribution in [0, 0.1) is 13.8 Å². The van der Waals surface area contributed by atoms with E-state index < -0.39 is 10.0 Å². The van der Waals surface area contributed by atoms with Crippen LogP contribution in [0.5, 0.6) is 5.75 Å². The first kappa shape index (κ1) is 23.0. The third-order valence-electron chi connectivity index (χ3n) is 5.67. The minimum Gasteiger partial charge on any atom is -0.495 e. The number of nitrogens with zero attached hydrogens (tertiary/aromatic N) is 2. The maximum atomic E-state index is 13.2. The number of morpholine rings is 1. The Morgan fingerprint density at radius 3 is 2.21 bits per heavy atom. The summed E-state index contributed by atoms with van der Waals surface area (Å²) in [5.74, 6) is -0.108. The maximum absolute atomic E-state index is 13.2. The van der Waals surface area contributed by atoms with E-state index >= 15 is 0 Å². The van der Waals surface area contributed by atoms with Gasteiger partial charge in [-0.1, -0.05) is 0 Å². The highest BCUT2D eigenvalue weighted by atomic mass is 32.2. The number of methoxy groups -OCH3 is 1. The summed E-state index contributed by atoms with van der Waals surface area (Å²) in [6.07, 6.45) is 0.